The molecule has 4 rings (SSSR count). The molecular formula is C24H34FN3O2. The number of aryl methyl sites for hydroxylation is 1. The van der Waals surface area contributed by atoms with E-state index in [1.807, 2.05) is 11.0 Å². The minimum atomic E-state index is -0.420. The predicted octanol–water partition coefficient (Wildman–Crippen LogP) is 3.69. The van der Waals surface area contributed by atoms with E-state index < -0.39 is 5.82 Å². The fraction of sp³-hybridized carbons (Fsp3) is 0.667. The van der Waals surface area contributed by atoms with E-state index in [0.29, 0.717) is 43.1 Å². The van der Waals surface area contributed by atoms with Crippen molar-refractivity contribution in [2.75, 3.05) is 32.0 Å². The summed E-state index contributed by atoms with van der Waals surface area (Å²) >= 11 is 0. The van der Waals surface area contributed by atoms with E-state index in [0.717, 1.165) is 25.2 Å². The van der Waals surface area contributed by atoms with E-state index in [1.54, 1.807) is 6.07 Å². The van der Waals surface area contributed by atoms with Crippen molar-refractivity contribution in [3.63, 3.8) is 0 Å². The van der Waals surface area contributed by atoms with Crippen molar-refractivity contribution in [3.05, 3.63) is 29.6 Å². The topological polar surface area (TPSA) is 52.7 Å². The predicted molar refractivity (Wildman–Crippen MR) is 116 cm³/mol. The van der Waals surface area contributed by atoms with Gasteiger partial charge in [0.25, 0.3) is 0 Å². The summed E-state index contributed by atoms with van der Waals surface area (Å²) in [5.74, 6) is 1.52. The third-order valence-electron chi connectivity index (χ3n) is 7.12. The first-order chi connectivity index (χ1) is 14.4. The van der Waals surface area contributed by atoms with Crippen LogP contribution in [0.15, 0.2) is 18.2 Å². The molecule has 1 heterocycles. The second kappa shape index (κ2) is 9.04. The number of benzene rings is 1. The molecule has 2 aliphatic carbocycles. The van der Waals surface area contributed by atoms with E-state index in [2.05, 4.69) is 24.2 Å². The molecule has 6 heteroatoms. The number of amides is 2. The average molecular weight is 416 g/mol. The first-order valence-electron chi connectivity index (χ1n) is 11.5. The number of nitrogens with one attached hydrogen (secondary N) is 1. The molecule has 1 aromatic rings. The number of carbonyl (C=O) groups excluding carboxylic acids is 2. The van der Waals surface area contributed by atoms with E-state index in [4.69, 9.17) is 0 Å². The molecule has 1 N–H and O–H groups in total. The Morgan fingerprint density at radius 2 is 1.87 bits per heavy atom. The van der Waals surface area contributed by atoms with Crippen molar-refractivity contribution < 1.29 is 14.0 Å². The summed E-state index contributed by atoms with van der Waals surface area (Å²) < 4.78 is 14.5. The summed E-state index contributed by atoms with van der Waals surface area (Å²) in [4.78, 5) is 29.1. The number of piperazine rings is 1. The van der Waals surface area contributed by atoms with Crippen LogP contribution in [0.1, 0.15) is 51.0 Å². The van der Waals surface area contributed by atoms with Crippen molar-refractivity contribution in [1.29, 1.82) is 0 Å². The lowest BCUT2D eigenvalue weighted by molar-refractivity contribution is -0.133. The molecule has 2 saturated carbocycles. The maximum absolute atomic E-state index is 14.5. The Morgan fingerprint density at radius 1 is 1.17 bits per heavy atom. The van der Waals surface area contributed by atoms with Crippen molar-refractivity contribution >= 4 is 17.5 Å². The smallest absolute Gasteiger partial charge is 0.224 e. The van der Waals surface area contributed by atoms with Gasteiger partial charge in [-0.25, -0.2) is 4.39 Å². The molecule has 1 saturated heterocycles. The normalized spacial score (nSPS) is 22.4. The Bertz CT molecular complexity index is 779. The van der Waals surface area contributed by atoms with Gasteiger partial charge in [-0.1, -0.05) is 6.07 Å². The molecule has 1 aliphatic heterocycles. The lowest BCUT2D eigenvalue weighted by Crippen LogP contribution is -2.52. The van der Waals surface area contributed by atoms with Gasteiger partial charge in [0, 0.05) is 38.5 Å². The number of hydrogen-bond donors (Lipinski definition) is 1. The largest absolute Gasteiger partial charge is 0.340 e. The second-order valence-electron chi connectivity index (χ2n) is 9.57. The molecule has 164 valence electrons. The van der Waals surface area contributed by atoms with Gasteiger partial charge in [-0.15, -0.1) is 0 Å². The molecule has 1 aromatic carbocycles. The zero-order valence-corrected chi connectivity index (χ0v) is 18.2. The van der Waals surface area contributed by atoms with Gasteiger partial charge in [-0.2, -0.15) is 0 Å². The number of likely N-dealkylation sites (N-methyl/N-ethyl adjacent to an activating group) is 1. The highest BCUT2D eigenvalue weighted by Gasteiger charge is 2.42. The zero-order chi connectivity index (χ0) is 21.3. The first-order valence-corrected chi connectivity index (χ1v) is 11.5. The van der Waals surface area contributed by atoms with Crippen molar-refractivity contribution in [1.82, 2.24) is 9.80 Å². The van der Waals surface area contributed by atoms with Gasteiger partial charge in [-0.05, 0) is 81.5 Å². The molecule has 3 fully saturated rings. The molecule has 5 nitrogen and oxygen atoms in total. The molecule has 3 aliphatic rings. The maximum atomic E-state index is 14.5. The van der Waals surface area contributed by atoms with Crippen LogP contribution < -0.4 is 5.32 Å². The Balaban J connectivity index is 1.26. The average Bonchev–Trinajstić information content (AvgIpc) is 3.62. The van der Waals surface area contributed by atoms with Crippen LogP contribution in [0.4, 0.5) is 10.1 Å². The van der Waals surface area contributed by atoms with E-state index in [1.165, 1.54) is 31.7 Å². The number of halogens is 1. The van der Waals surface area contributed by atoms with Crippen molar-refractivity contribution in [2.45, 2.75) is 57.9 Å². The molecule has 0 radical (unpaired) electrons. The van der Waals surface area contributed by atoms with Gasteiger partial charge in [0.1, 0.15) is 5.82 Å². The van der Waals surface area contributed by atoms with Crippen LogP contribution in [0.2, 0.25) is 0 Å². The minimum absolute atomic E-state index is 0.0789. The summed E-state index contributed by atoms with van der Waals surface area (Å²) in [5, 5.41) is 2.77. The highest BCUT2D eigenvalue weighted by atomic mass is 19.1. The molecule has 0 aromatic heterocycles. The monoisotopic (exact) mass is 415 g/mol. The van der Waals surface area contributed by atoms with Crippen LogP contribution in [0.25, 0.3) is 0 Å². The number of nitrogens with zero attached hydrogens (tertiary/aromatic N) is 2. The highest BCUT2D eigenvalue weighted by molar-refractivity contribution is 5.91. The summed E-state index contributed by atoms with van der Waals surface area (Å²) in [6.45, 7) is 4.51. The quantitative estimate of drug-likeness (QED) is 0.705. The SMILES string of the molecule is C[C@@H]1CN(C(=O)CCc2ccc(NC(=O)CC(C3CC3)C3CC3)c(F)c2)CCN1C. The lowest BCUT2D eigenvalue weighted by Gasteiger charge is -2.37. The zero-order valence-electron chi connectivity index (χ0n) is 18.2. The maximum Gasteiger partial charge on any atom is 0.224 e. The number of anilines is 1. The van der Waals surface area contributed by atoms with Gasteiger partial charge in [0.05, 0.1) is 5.69 Å². The number of rotatable bonds is 8. The summed E-state index contributed by atoms with van der Waals surface area (Å²) in [6.07, 6.45) is 6.36. The fourth-order valence-electron chi connectivity index (χ4n) is 4.68. The Kier molecular flexibility index (Phi) is 6.42. The van der Waals surface area contributed by atoms with Gasteiger partial charge in [-0.3, -0.25) is 9.59 Å². The Morgan fingerprint density at radius 3 is 2.47 bits per heavy atom. The molecule has 2 amide bonds. The second-order valence-corrected chi connectivity index (χ2v) is 9.57. The van der Waals surface area contributed by atoms with Crippen LogP contribution in [0, 0.1) is 23.6 Å². The Hall–Kier alpha value is -1.95. The van der Waals surface area contributed by atoms with Crippen molar-refractivity contribution in [2.24, 2.45) is 17.8 Å². The van der Waals surface area contributed by atoms with Gasteiger partial charge in [0.15, 0.2) is 0 Å². The van der Waals surface area contributed by atoms with Gasteiger partial charge in [0.2, 0.25) is 11.8 Å². The number of carbonyl (C=O) groups is 2. The molecule has 30 heavy (non-hydrogen) atoms. The molecule has 1 atom stereocenters. The van der Waals surface area contributed by atoms with Crippen LogP contribution in [0.5, 0.6) is 0 Å². The molecular weight excluding hydrogens is 381 g/mol. The number of hydrogen-bond acceptors (Lipinski definition) is 3. The van der Waals surface area contributed by atoms with E-state index in [9.17, 15) is 14.0 Å². The van der Waals surface area contributed by atoms with Crippen LogP contribution >= 0.6 is 0 Å². The van der Waals surface area contributed by atoms with Crippen LogP contribution in [-0.2, 0) is 16.0 Å². The Labute approximate surface area is 179 Å². The standard InChI is InChI=1S/C24H34FN3O2/c1-16-15-28(12-11-27(16)2)24(30)10-4-17-3-9-22(21(25)13-17)26-23(29)14-20(18-5-6-18)19-7-8-19/h3,9,13,16,18-20H,4-8,10-12,14-15H2,1-2H3,(H,26,29)/t16-/m1/s1. The third-order valence-corrected chi connectivity index (χ3v) is 7.12. The fourth-order valence-corrected chi connectivity index (χ4v) is 4.68. The summed E-state index contributed by atoms with van der Waals surface area (Å²) in [6, 6.07) is 5.27. The first kappa shape index (κ1) is 21.3. The van der Waals surface area contributed by atoms with E-state index in [-0.39, 0.29) is 17.5 Å². The van der Waals surface area contributed by atoms with E-state index >= 15 is 0 Å². The van der Waals surface area contributed by atoms with Crippen LogP contribution in [0.3, 0.4) is 0 Å². The third kappa shape index (κ3) is 5.39. The van der Waals surface area contributed by atoms with Gasteiger partial charge < -0.3 is 15.1 Å². The minimum Gasteiger partial charge on any atom is -0.340 e. The van der Waals surface area contributed by atoms with Crippen LogP contribution in [-0.4, -0.2) is 54.3 Å². The lowest BCUT2D eigenvalue weighted by atomic mass is 9.94. The van der Waals surface area contributed by atoms with Crippen molar-refractivity contribution in [3.8, 4) is 0 Å². The molecule has 0 unspecified atom stereocenters. The molecule has 0 spiro atoms. The molecule has 0 bridgehead atoms. The van der Waals surface area contributed by atoms with Gasteiger partial charge >= 0.3 is 0 Å². The summed E-state index contributed by atoms with van der Waals surface area (Å²) in [5.41, 5.74) is 1.03. The summed E-state index contributed by atoms with van der Waals surface area (Å²) in [7, 11) is 2.08. The highest BCUT2D eigenvalue weighted by Crippen LogP contribution is 2.50.